The molecule has 2 amide bonds. The summed E-state index contributed by atoms with van der Waals surface area (Å²) in [5.41, 5.74) is 4.98. The van der Waals surface area contributed by atoms with Crippen molar-refractivity contribution in [2.75, 3.05) is 6.54 Å². The standard InChI is InChI=1S/C18H36N2O3/c1-2-3-4-5-6-7-8-9-10-13-16(17(21)22)14-11-12-15-20-18(19)23/h16H,2-15H2,1H3,(H,21,22)(H3,19,20,23). The highest BCUT2D eigenvalue weighted by molar-refractivity contribution is 5.71. The Hall–Kier alpha value is -1.26. The lowest BCUT2D eigenvalue weighted by Gasteiger charge is -2.12. The Morgan fingerprint density at radius 2 is 1.35 bits per heavy atom. The number of nitrogens with two attached hydrogens (primary N) is 1. The molecule has 0 aromatic heterocycles. The second kappa shape index (κ2) is 15.6. The number of rotatable bonds is 16. The van der Waals surface area contributed by atoms with E-state index < -0.39 is 12.0 Å². The SMILES string of the molecule is CCCCCCCCCCCC(CCCCNC(N)=O)C(=O)O. The van der Waals surface area contributed by atoms with Gasteiger partial charge in [-0.25, -0.2) is 4.79 Å². The summed E-state index contributed by atoms with van der Waals surface area (Å²) >= 11 is 0. The predicted molar refractivity (Wildman–Crippen MR) is 94.4 cm³/mol. The minimum Gasteiger partial charge on any atom is -0.481 e. The zero-order valence-electron chi connectivity index (χ0n) is 14.8. The molecule has 0 rings (SSSR count). The monoisotopic (exact) mass is 328 g/mol. The summed E-state index contributed by atoms with van der Waals surface area (Å²) in [6.07, 6.45) is 14.3. The minimum atomic E-state index is -0.688. The van der Waals surface area contributed by atoms with Gasteiger partial charge in [0.1, 0.15) is 0 Å². The number of nitrogens with one attached hydrogen (secondary N) is 1. The maximum absolute atomic E-state index is 11.2. The third kappa shape index (κ3) is 15.4. The molecule has 0 aromatic rings. The first-order valence-electron chi connectivity index (χ1n) is 9.34. The second-order valence-corrected chi connectivity index (χ2v) is 6.44. The van der Waals surface area contributed by atoms with Gasteiger partial charge in [0.05, 0.1) is 5.92 Å². The zero-order valence-corrected chi connectivity index (χ0v) is 14.8. The van der Waals surface area contributed by atoms with Gasteiger partial charge in [0.25, 0.3) is 0 Å². The molecular weight excluding hydrogens is 292 g/mol. The minimum absolute atomic E-state index is 0.242. The Bertz CT molecular complexity index is 309. The van der Waals surface area contributed by atoms with Crippen molar-refractivity contribution in [3.05, 3.63) is 0 Å². The molecule has 0 fully saturated rings. The van der Waals surface area contributed by atoms with E-state index in [1.165, 1.54) is 44.9 Å². The van der Waals surface area contributed by atoms with E-state index in [-0.39, 0.29) is 5.92 Å². The molecule has 0 radical (unpaired) electrons. The largest absolute Gasteiger partial charge is 0.481 e. The molecule has 0 aromatic carbocycles. The molecule has 136 valence electrons. The Kier molecular flexibility index (Phi) is 14.8. The Morgan fingerprint density at radius 1 is 0.870 bits per heavy atom. The number of unbranched alkanes of at least 4 members (excludes halogenated alkanes) is 9. The van der Waals surface area contributed by atoms with Crippen molar-refractivity contribution in [3.8, 4) is 0 Å². The number of carbonyl (C=O) groups is 2. The van der Waals surface area contributed by atoms with Crippen molar-refractivity contribution < 1.29 is 14.7 Å². The fraction of sp³-hybridized carbons (Fsp3) is 0.889. The van der Waals surface area contributed by atoms with Crippen LogP contribution in [0.5, 0.6) is 0 Å². The number of carboxylic acids is 1. The molecule has 0 saturated carbocycles. The zero-order chi connectivity index (χ0) is 17.3. The Morgan fingerprint density at radius 3 is 1.83 bits per heavy atom. The summed E-state index contributed by atoms with van der Waals surface area (Å²) < 4.78 is 0. The molecule has 0 spiro atoms. The van der Waals surface area contributed by atoms with Crippen LogP contribution in [0, 0.1) is 5.92 Å². The fourth-order valence-corrected chi connectivity index (χ4v) is 2.82. The second-order valence-electron chi connectivity index (χ2n) is 6.44. The van der Waals surface area contributed by atoms with Gasteiger partial charge in [0, 0.05) is 6.54 Å². The molecule has 0 aliphatic carbocycles. The van der Waals surface area contributed by atoms with Crippen LogP contribution in [-0.2, 0) is 4.79 Å². The lowest BCUT2D eigenvalue weighted by atomic mass is 9.95. The molecule has 5 nitrogen and oxygen atoms in total. The van der Waals surface area contributed by atoms with Crippen LogP contribution in [0.1, 0.15) is 90.4 Å². The van der Waals surface area contributed by atoms with Gasteiger partial charge in [-0.1, -0.05) is 71.1 Å². The molecule has 0 bridgehead atoms. The van der Waals surface area contributed by atoms with E-state index in [0.717, 1.165) is 32.1 Å². The van der Waals surface area contributed by atoms with Crippen LogP contribution in [0.15, 0.2) is 0 Å². The highest BCUT2D eigenvalue weighted by Gasteiger charge is 2.16. The van der Waals surface area contributed by atoms with E-state index >= 15 is 0 Å². The summed E-state index contributed by atoms with van der Waals surface area (Å²) in [6.45, 7) is 2.76. The first kappa shape index (κ1) is 21.7. The van der Waals surface area contributed by atoms with Crippen molar-refractivity contribution >= 4 is 12.0 Å². The summed E-state index contributed by atoms with van der Waals surface area (Å²) in [4.78, 5) is 21.8. The molecule has 0 saturated heterocycles. The molecule has 0 aliphatic heterocycles. The molecule has 23 heavy (non-hydrogen) atoms. The van der Waals surface area contributed by atoms with Gasteiger partial charge < -0.3 is 16.2 Å². The molecule has 5 heteroatoms. The predicted octanol–water partition coefficient (Wildman–Crippen LogP) is 4.45. The number of primary amides is 1. The summed E-state index contributed by atoms with van der Waals surface area (Å²) in [5, 5.41) is 11.8. The number of urea groups is 1. The van der Waals surface area contributed by atoms with Crippen molar-refractivity contribution in [1.82, 2.24) is 5.32 Å². The molecule has 0 aliphatic rings. The van der Waals surface area contributed by atoms with Crippen LogP contribution >= 0.6 is 0 Å². The van der Waals surface area contributed by atoms with Gasteiger partial charge in [-0.3, -0.25) is 4.79 Å². The number of amides is 2. The van der Waals surface area contributed by atoms with E-state index in [4.69, 9.17) is 5.73 Å². The maximum Gasteiger partial charge on any atom is 0.312 e. The Labute approximate surface area is 141 Å². The van der Waals surface area contributed by atoms with Crippen LogP contribution in [0.3, 0.4) is 0 Å². The van der Waals surface area contributed by atoms with Gasteiger partial charge in [0.15, 0.2) is 0 Å². The summed E-state index contributed by atoms with van der Waals surface area (Å²) in [7, 11) is 0. The van der Waals surface area contributed by atoms with E-state index in [1.807, 2.05) is 0 Å². The van der Waals surface area contributed by atoms with Crippen LogP contribution < -0.4 is 11.1 Å². The lowest BCUT2D eigenvalue weighted by Crippen LogP contribution is -2.30. The van der Waals surface area contributed by atoms with Crippen LogP contribution in [-0.4, -0.2) is 23.7 Å². The van der Waals surface area contributed by atoms with Crippen LogP contribution in [0.25, 0.3) is 0 Å². The number of hydrogen-bond acceptors (Lipinski definition) is 2. The number of hydrogen-bond donors (Lipinski definition) is 3. The summed E-state index contributed by atoms with van der Waals surface area (Å²) in [6, 6.07) is -0.519. The van der Waals surface area contributed by atoms with E-state index in [2.05, 4.69) is 12.2 Å². The normalized spacial score (nSPS) is 12.0. The molecule has 4 N–H and O–H groups in total. The van der Waals surface area contributed by atoms with Gasteiger partial charge in [-0.15, -0.1) is 0 Å². The quantitative estimate of drug-likeness (QED) is 0.365. The average molecular weight is 328 g/mol. The van der Waals surface area contributed by atoms with Crippen molar-refractivity contribution in [2.45, 2.75) is 90.4 Å². The highest BCUT2D eigenvalue weighted by Crippen LogP contribution is 2.18. The van der Waals surface area contributed by atoms with Crippen LogP contribution in [0.4, 0.5) is 4.79 Å². The Balaban J connectivity index is 3.53. The lowest BCUT2D eigenvalue weighted by molar-refractivity contribution is -0.142. The van der Waals surface area contributed by atoms with E-state index in [9.17, 15) is 14.7 Å². The van der Waals surface area contributed by atoms with Crippen molar-refractivity contribution in [1.29, 1.82) is 0 Å². The third-order valence-corrected chi connectivity index (χ3v) is 4.28. The first-order chi connectivity index (χ1) is 11.1. The van der Waals surface area contributed by atoms with Gasteiger partial charge in [-0.2, -0.15) is 0 Å². The number of carboxylic acid groups (broad SMARTS) is 1. The van der Waals surface area contributed by atoms with E-state index in [0.29, 0.717) is 13.0 Å². The number of carbonyl (C=O) groups excluding carboxylic acids is 1. The molecule has 0 heterocycles. The third-order valence-electron chi connectivity index (χ3n) is 4.28. The molecule has 1 atom stereocenters. The average Bonchev–Trinajstić information content (AvgIpc) is 2.50. The highest BCUT2D eigenvalue weighted by atomic mass is 16.4. The fourth-order valence-electron chi connectivity index (χ4n) is 2.82. The summed E-state index contributed by atoms with van der Waals surface area (Å²) in [5.74, 6) is -0.930. The molecule has 1 unspecified atom stereocenters. The smallest absolute Gasteiger partial charge is 0.312 e. The first-order valence-corrected chi connectivity index (χ1v) is 9.34. The number of aliphatic carboxylic acids is 1. The molecular formula is C18H36N2O3. The van der Waals surface area contributed by atoms with Gasteiger partial charge >= 0.3 is 12.0 Å². The van der Waals surface area contributed by atoms with Gasteiger partial charge in [-0.05, 0) is 19.3 Å². The maximum atomic E-state index is 11.2. The van der Waals surface area contributed by atoms with Crippen molar-refractivity contribution in [2.24, 2.45) is 11.7 Å². The van der Waals surface area contributed by atoms with E-state index in [1.54, 1.807) is 0 Å². The van der Waals surface area contributed by atoms with Gasteiger partial charge in [0.2, 0.25) is 0 Å². The van der Waals surface area contributed by atoms with Crippen LogP contribution in [0.2, 0.25) is 0 Å². The van der Waals surface area contributed by atoms with Crippen molar-refractivity contribution in [3.63, 3.8) is 0 Å². The topological polar surface area (TPSA) is 92.4 Å².